The van der Waals surface area contributed by atoms with E-state index in [9.17, 15) is 0 Å². The summed E-state index contributed by atoms with van der Waals surface area (Å²) in [4.78, 5) is 18.9. The second-order valence-corrected chi connectivity index (χ2v) is 20.3. The van der Waals surface area contributed by atoms with Crippen LogP contribution in [-0.2, 0) is 21.6 Å². The summed E-state index contributed by atoms with van der Waals surface area (Å²) in [5.74, 6) is 0. The molecular formula is C57H55BrN4. The van der Waals surface area contributed by atoms with Crippen molar-refractivity contribution in [3.8, 4) is 44.5 Å². The molecule has 0 saturated carbocycles. The number of hydrogen-bond acceptors (Lipinski definition) is 2. The van der Waals surface area contributed by atoms with Crippen LogP contribution in [0.4, 0.5) is 0 Å². The summed E-state index contributed by atoms with van der Waals surface area (Å²) in [5.41, 5.74) is 21.3. The quantitative estimate of drug-likeness (QED) is 0.169. The number of aromatic nitrogens is 4. The van der Waals surface area contributed by atoms with Crippen LogP contribution in [0.3, 0.4) is 0 Å². The number of nitrogens with zero attached hydrogens (tertiary/aromatic N) is 2. The second kappa shape index (κ2) is 15.7. The Bertz CT molecular complexity index is 3010. The minimum absolute atomic E-state index is 0.0293. The Kier molecular flexibility index (Phi) is 10.5. The van der Waals surface area contributed by atoms with E-state index >= 15 is 0 Å². The summed E-state index contributed by atoms with van der Waals surface area (Å²) in [6.45, 7) is 20.3. The van der Waals surface area contributed by atoms with Gasteiger partial charge in [-0.15, -0.1) is 0 Å². The molecule has 0 saturated heterocycles. The lowest BCUT2D eigenvalue weighted by molar-refractivity contribution is 0.590. The van der Waals surface area contributed by atoms with Crippen molar-refractivity contribution in [1.82, 2.24) is 19.9 Å². The van der Waals surface area contributed by atoms with Crippen molar-refractivity contribution in [3.63, 3.8) is 0 Å². The Labute approximate surface area is 375 Å². The van der Waals surface area contributed by atoms with E-state index in [1.807, 2.05) is 0 Å². The van der Waals surface area contributed by atoms with Gasteiger partial charge in [-0.1, -0.05) is 175 Å². The smallest absolute Gasteiger partial charge is 0.0737 e. The molecule has 2 N–H and O–H groups in total. The van der Waals surface area contributed by atoms with E-state index in [1.165, 1.54) is 22.3 Å². The Balaban J connectivity index is 1.43. The number of hydrogen-bond donors (Lipinski definition) is 2. The largest absolute Gasteiger partial charge is 0.354 e. The SMILES string of the molecule is CC(C)(C)c1ccc(-c2c3nc(c(-c4ccc(C(C)(C)C)cc4)c4ccc([nH]4)c(-c4ccccc4CBr)c4nc(c(-c5ccc(C(C)(C)C)cc5)c5ccc2[nH]5)C=C4)C=C3)cc1. The zero-order valence-corrected chi connectivity index (χ0v) is 38.9. The molecule has 9 rings (SSSR count). The molecule has 7 aromatic rings. The van der Waals surface area contributed by atoms with Crippen molar-refractivity contribution in [1.29, 1.82) is 0 Å². The molecule has 62 heavy (non-hydrogen) atoms. The molecular weight excluding hydrogens is 821 g/mol. The average molecular weight is 876 g/mol. The number of aromatic amines is 2. The summed E-state index contributed by atoms with van der Waals surface area (Å²) in [7, 11) is 0. The summed E-state index contributed by atoms with van der Waals surface area (Å²) < 4.78 is 0. The van der Waals surface area contributed by atoms with E-state index < -0.39 is 0 Å². The summed E-state index contributed by atoms with van der Waals surface area (Å²) in [6.07, 6.45) is 8.71. The van der Waals surface area contributed by atoms with Crippen molar-refractivity contribution in [2.45, 2.75) is 83.9 Å². The molecule has 310 valence electrons. The van der Waals surface area contributed by atoms with Crippen molar-refractivity contribution < 1.29 is 0 Å². The molecule has 8 bridgehead atoms. The Morgan fingerprint density at radius 2 is 0.694 bits per heavy atom. The molecule has 5 heterocycles. The molecule has 5 heteroatoms. The minimum atomic E-state index is 0.0293. The number of fused-ring (bicyclic) bond motifs is 8. The van der Waals surface area contributed by atoms with Crippen LogP contribution in [0.2, 0.25) is 0 Å². The van der Waals surface area contributed by atoms with E-state index in [2.05, 4.69) is 234 Å². The van der Waals surface area contributed by atoms with E-state index in [0.29, 0.717) is 5.33 Å². The molecule has 2 aliphatic rings. The fraction of sp³-hybridized carbons (Fsp3) is 0.228. The third-order valence-corrected chi connectivity index (χ3v) is 12.9. The van der Waals surface area contributed by atoms with Gasteiger partial charge in [-0.2, -0.15) is 0 Å². The van der Waals surface area contributed by atoms with Gasteiger partial charge in [-0.3, -0.25) is 0 Å². The number of alkyl halides is 1. The lowest BCUT2D eigenvalue weighted by Gasteiger charge is -2.19. The fourth-order valence-corrected chi connectivity index (χ4v) is 9.18. The summed E-state index contributed by atoms with van der Waals surface area (Å²) in [6, 6.07) is 44.5. The monoisotopic (exact) mass is 874 g/mol. The predicted molar refractivity (Wildman–Crippen MR) is 269 cm³/mol. The Morgan fingerprint density at radius 1 is 0.387 bits per heavy atom. The lowest BCUT2D eigenvalue weighted by Crippen LogP contribution is -2.10. The van der Waals surface area contributed by atoms with Crippen molar-refractivity contribution in [2.75, 3.05) is 0 Å². The van der Waals surface area contributed by atoms with Crippen LogP contribution in [0.15, 0.2) is 121 Å². The van der Waals surface area contributed by atoms with E-state index in [-0.39, 0.29) is 16.2 Å². The molecule has 0 spiro atoms. The predicted octanol–water partition coefficient (Wildman–Crippen LogP) is 16.1. The molecule has 0 radical (unpaired) electrons. The number of halogens is 1. The molecule has 3 aromatic heterocycles. The molecule has 0 fully saturated rings. The number of nitrogens with one attached hydrogen (secondary N) is 2. The Morgan fingerprint density at radius 3 is 1.02 bits per heavy atom. The highest BCUT2D eigenvalue weighted by atomic mass is 79.9. The summed E-state index contributed by atoms with van der Waals surface area (Å²) in [5, 5.41) is 0.714. The molecule has 0 unspecified atom stereocenters. The maximum atomic E-state index is 5.55. The number of benzene rings is 4. The molecule has 2 aliphatic heterocycles. The maximum Gasteiger partial charge on any atom is 0.0737 e. The zero-order valence-electron chi connectivity index (χ0n) is 37.3. The first kappa shape index (κ1) is 41.3. The van der Waals surface area contributed by atoms with Crippen LogP contribution in [0.25, 0.3) is 90.9 Å². The lowest BCUT2D eigenvalue weighted by atomic mass is 9.86. The molecule has 0 amide bonds. The van der Waals surface area contributed by atoms with Gasteiger partial charge in [-0.25, -0.2) is 9.97 Å². The third kappa shape index (κ3) is 7.84. The van der Waals surface area contributed by atoms with Gasteiger partial charge in [-0.05, 0) is 109 Å². The van der Waals surface area contributed by atoms with Crippen molar-refractivity contribution in [2.24, 2.45) is 0 Å². The number of H-pyrrole nitrogens is 2. The van der Waals surface area contributed by atoms with E-state index in [4.69, 9.17) is 9.97 Å². The highest BCUT2D eigenvalue weighted by Gasteiger charge is 2.22. The van der Waals surface area contributed by atoms with Crippen LogP contribution in [0, 0.1) is 0 Å². The second-order valence-electron chi connectivity index (χ2n) is 19.8. The fourth-order valence-electron chi connectivity index (χ4n) is 8.69. The highest BCUT2D eigenvalue weighted by molar-refractivity contribution is 9.08. The van der Waals surface area contributed by atoms with Crippen LogP contribution in [0.1, 0.15) is 107 Å². The molecule has 4 aromatic carbocycles. The maximum absolute atomic E-state index is 5.55. The third-order valence-electron chi connectivity index (χ3n) is 12.3. The summed E-state index contributed by atoms with van der Waals surface area (Å²) >= 11 is 3.81. The number of rotatable bonds is 5. The molecule has 4 nitrogen and oxygen atoms in total. The van der Waals surface area contributed by atoms with Gasteiger partial charge in [0.15, 0.2) is 0 Å². The Hall–Kier alpha value is -6.04. The highest BCUT2D eigenvalue weighted by Crippen LogP contribution is 2.40. The van der Waals surface area contributed by atoms with Gasteiger partial charge in [0.2, 0.25) is 0 Å². The van der Waals surface area contributed by atoms with Gasteiger partial charge in [0.1, 0.15) is 0 Å². The van der Waals surface area contributed by atoms with Crippen molar-refractivity contribution >= 4 is 62.3 Å². The standard InChI is InChI=1S/C57H55BrN4/c1-55(2,3)39-20-14-35(15-21-39)51-43-26-28-45(59-43)52(36-16-22-40(23-17-36)56(4,5)6)47-30-32-49(61-47)54(42-13-11-10-12-38(42)34-58)50-33-31-48(62-50)53(46-29-27-44(51)60-46)37-18-24-41(25-19-37)57(7,8)9/h10-33,59,62H,34H2,1-9H3. The van der Waals surface area contributed by atoms with Crippen LogP contribution >= 0.6 is 15.9 Å². The molecule has 0 aliphatic carbocycles. The van der Waals surface area contributed by atoms with Gasteiger partial charge in [0, 0.05) is 49.7 Å². The van der Waals surface area contributed by atoms with Crippen LogP contribution < -0.4 is 0 Å². The van der Waals surface area contributed by atoms with E-state index in [1.54, 1.807) is 0 Å². The van der Waals surface area contributed by atoms with Crippen LogP contribution in [-0.4, -0.2) is 19.9 Å². The van der Waals surface area contributed by atoms with Gasteiger partial charge < -0.3 is 9.97 Å². The average Bonchev–Trinajstić information content (AvgIpc) is 4.09. The first-order valence-corrected chi connectivity index (χ1v) is 22.8. The van der Waals surface area contributed by atoms with Crippen molar-refractivity contribution in [3.05, 3.63) is 166 Å². The first-order valence-electron chi connectivity index (χ1n) is 21.7. The van der Waals surface area contributed by atoms with Gasteiger partial charge in [0.05, 0.1) is 22.8 Å². The van der Waals surface area contributed by atoms with Gasteiger partial charge in [0.25, 0.3) is 0 Å². The van der Waals surface area contributed by atoms with Crippen LogP contribution in [0.5, 0.6) is 0 Å². The minimum Gasteiger partial charge on any atom is -0.354 e. The zero-order chi connectivity index (χ0) is 43.6. The topological polar surface area (TPSA) is 57.4 Å². The van der Waals surface area contributed by atoms with Gasteiger partial charge >= 0.3 is 0 Å². The first-order chi connectivity index (χ1) is 29.6. The molecule has 0 atom stereocenters. The normalized spacial score (nSPS) is 12.9. The van der Waals surface area contributed by atoms with E-state index in [0.717, 1.165) is 89.4 Å².